The number of carbonyl (C=O) groups excluding carboxylic acids is 1. The third-order valence-electron chi connectivity index (χ3n) is 4.49. The van der Waals surface area contributed by atoms with E-state index in [0.29, 0.717) is 17.9 Å². The topological polar surface area (TPSA) is 42.3 Å². The zero-order valence-corrected chi connectivity index (χ0v) is 15.1. The second-order valence-electron chi connectivity index (χ2n) is 6.49. The van der Waals surface area contributed by atoms with Crippen molar-refractivity contribution in [3.8, 4) is 11.1 Å². The quantitative estimate of drug-likeness (QED) is 0.618. The molecule has 2 aromatic carbocycles. The average Bonchev–Trinajstić information content (AvgIpc) is 2.79. The van der Waals surface area contributed by atoms with Crippen LogP contribution in [-0.2, 0) is 11.2 Å². The smallest absolute Gasteiger partial charge is 0.143 e. The Bertz CT molecular complexity index is 1020. The van der Waals surface area contributed by atoms with Crippen molar-refractivity contribution in [1.29, 1.82) is 0 Å². The molecule has 0 N–H and O–H groups in total. The maximum absolute atomic E-state index is 12.5. The number of Topliss-reactive ketones (excluding diaryl/α,β-unsaturated/α-hetero) is 1. The Morgan fingerprint density at radius 2 is 1.65 bits per heavy atom. The highest BCUT2D eigenvalue weighted by molar-refractivity contribution is 6.30. The van der Waals surface area contributed by atoms with Crippen LogP contribution in [0.1, 0.15) is 23.2 Å². The third-order valence-corrected chi connectivity index (χ3v) is 4.75. The molecule has 4 rings (SSSR count). The number of aliphatic imine (C=N–C) groups is 1. The Balaban J connectivity index is 1.77. The van der Waals surface area contributed by atoms with Gasteiger partial charge in [-0.1, -0.05) is 29.8 Å². The number of fused-ring (bicyclic) bond motifs is 1. The first-order valence-electron chi connectivity index (χ1n) is 8.50. The number of carbonyl (C=O) groups is 1. The second-order valence-corrected chi connectivity index (χ2v) is 6.92. The Hall–Kier alpha value is -2.78. The number of halogens is 1. The molecule has 0 amide bonds. The highest BCUT2D eigenvalue weighted by Crippen LogP contribution is 2.31. The van der Waals surface area contributed by atoms with Crippen molar-refractivity contribution in [3.63, 3.8) is 0 Å². The monoisotopic (exact) mass is 360 g/mol. The largest absolute Gasteiger partial charge is 0.299 e. The van der Waals surface area contributed by atoms with E-state index < -0.39 is 0 Å². The normalized spacial score (nSPS) is 13.8. The molecule has 0 saturated heterocycles. The van der Waals surface area contributed by atoms with Crippen molar-refractivity contribution >= 4 is 28.8 Å². The molecular weight excluding hydrogens is 344 g/mol. The third kappa shape index (κ3) is 3.44. The number of hydrogen-bond donors (Lipinski definition) is 0. The first-order chi connectivity index (χ1) is 12.6. The Morgan fingerprint density at radius 3 is 2.42 bits per heavy atom. The molecule has 0 spiro atoms. The minimum Gasteiger partial charge on any atom is -0.299 e. The van der Waals surface area contributed by atoms with E-state index in [1.165, 1.54) is 0 Å². The molecule has 1 aliphatic rings. The summed E-state index contributed by atoms with van der Waals surface area (Å²) in [5.41, 5.74) is 6.63. The van der Waals surface area contributed by atoms with Gasteiger partial charge in [0, 0.05) is 29.8 Å². The molecule has 0 aliphatic carbocycles. The standard InChI is InChI=1S/C22H17ClN2O/c1-14-10-17(8-9-24-14)22-13-20(26)12-18-11-16(4-7-21(18)25-22)15-2-5-19(23)6-3-15/h2-11H,12-13H2,1H3. The first-order valence-corrected chi connectivity index (χ1v) is 8.87. The van der Waals surface area contributed by atoms with Crippen LogP contribution in [0, 0.1) is 6.92 Å². The molecule has 0 atom stereocenters. The van der Waals surface area contributed by atoms with Gasteiger partial charge in [0.05, 0.1) is 11.4 Å². The van der Waals surface area contributed by atoms with Gasteiger partial charge in [-0.3, -0.25) is 14.8 Å². The predicted molar refractivity (Wildman–Crippen MR) is 105 cm³/mol. The highest BCUT2D eigenvalue weighted by atomic mass is 35.5. The van der Waals surface area contributed by atoms with Crippen molar-refractivity contribution in [2.24, 2.45) is 4.99 Å². The summed E-state index contributed by atoms with van der Waals surface area (Å²) in [6, 6.07) is 17.7. The lowest BCUT2D eigenvalue weighted by molar-refractivity contribution is -0.117. The summed E-state index contributed by atoms with van der Waals surface area (Å²) >= 11 is 5.97. The fraction of sp³-hybridized carbons (Fsp3) is 0.136. The lowest BCUT2D eigenvalue weighted by Crippen LogP contribution is -2.09. The van der Waals surface area contributed by atoms with Gasteiger partial charge in [-0.2, -0.15) is 0 Å². The molecule has 1 aliphatic heterocycles. The van der Waals surface area contributed by atoms with E-state index in [1.807, 2.05) is 55.5 Å². The van der Waals surface area contributed by atoms with E-state index in [-0.39, 0.29) is 5.78 Å². The van der Waals surface area contributed by atoms with Crippen LogP contribution < -0.4 is 0 Å². The van der Waals surface area contributed by atoms with Gasteiger partial charge < -0.3 is 0 Å². The zero-order chi connectivity index (χ0) is 18.1. The first kappa shape index (κ1) is 16.7. The van der Waals surface area contributed by atoms with E-state index in [9.17, 15) is 4.79 Å². The fourth-order valence-electron chi connectivity index (χ4n) is 3.20. The van der Waals surface area contributed by atoms with Crippen molar-refractivity contribution in [2.75, 3.05) is 0 Å². The van der Waals surface area contributed by atoms with Gasteiger partial charge >= 0.3 is 0 Å². The van der Waals surface area contributed by atoms with Crippen LogP contribution in [0.4, 0.5) is 5.69 Å². The fourth-order valence-corrected chi connectivity index (χ4v) is 3.32. The van der Waals surface area contributed by atoms with Crippen LogP contribution in [0.5, 0.6) is 0 Å². The van der Waals surface area contributed by atoms with Gasteiger partial charge in [-0.25, -0.2) is 0 Å². The molecule has 0 radical (unpaired) electrons. The molecule has 0 unspecified atom stereocenters. The van der Waals surface area contributed by atoms with Crippen LogP contribution in [0.25, 0.3) is 11.1 Å². The van der Waals surface area contributed by atoms with E-state index in [2.05, 4.69) is 11.1 Å². The summed E-state index contributed by atoms with van der Waals surface area (Å²) in [7, 11) is 0. The number of hydrogen-bond acceptors (Lipinski definition) is 3. The van der Waals surface area contributed by atoms with Gasteiger partial charge in [0.1, 0.15) is 5.78 Å². The van der Waals surface area contributed by atoms with Gasteiger partial charge in [0.25, 0.3) is 0 Å². The van der Waals surface area contributed by atoms with Crippen LogP contribution in [-0.4, -0.2) is 16.5 Å². The molecular formula is C22H17ClN2O. The van der Waals surface area contributed by atoms with E-state index in [0.717, 1.165) is 39.3 Å². The molecule has 0 bridgehead atoms. The molecule has 1 aromatic heterocycles. The number of rotatable bonds is 2. The maximum Gasteiger partial charge on any atom is 0.143 e. The average molecular weight is 361 g/mol. The van der Waals surface area contributed by atoms with Crippen molar-refractivity contribution in [1.82, 2.24) is 4.98 Å². The SMILES string of the molecule is Cc1cc(C2=Nc3ccc(-c4ccc(Cl)cc4)cc3CC(=O)C2)ccn1. The summed E-state index contributed by atoms with van der Waals surface area (Å²) in [5, 5.41) is 0.709. The summed E-state index contributed by atoms with van der Waals surface area (Å²) in [5.74, 6) is 0.172. The van der Waals surface area contributed by atoms with E-state index in [4.69, 9.17) is 16.6 Å². The summed E-state index contributed by atoms with van der Waals surface area (Å²) in [6.45, 7) is 1.94. The molecule has 26 heavy (non-hydrogen) atoms. The number of aryl methyl sites for hydroxylation is 1. The summed E-state index contributed by atoms with van der Waals surface area (Å²) < 4.78 is 0. The zero-order valence-electron chi connectivity index (χ0n) is 14.4. The van der Waals surface area contributed by atoms with E-state index in [1.54, 1.807) is 6.20 Å². The van der Waals surface area contributed by atoms with Crippen LogP contribution >= 0.6 is 11.6 Å². The number of aromatic nitrogens is 1. The predicted octanol–water partition coefficient (Wildman–Crippen LogP) is 5.35. The highest BCUT2D eigenvalue weighted by Gasteiger charge is 2.18. The van der Waals surface area contributed by atoms with Crippen LogP contribution in [0.2, 0.25) is 5.02 Å². The molecule has 0 fully saturated rings. The lowest BCUT2D eigenvalue weighted by atomic mass is 9.98. The summed E-state index contributed by atoms with van der Waals surface area (Å²) in [4.78, 5) is 21.5. The molecule has 128 valence electrons. The Kier molecular flexibility index (Phi) is 4.39. The van der Waals surface area contributed by atoms with Gasteiger partial charge in [0.15, 0.2) is 0 Å². The molecule has 3 nitrogen and oxygen atoms in total. The minimum atomic E-state index is 0.172. The Morgan fingerprint density at radius 1 is 0.885 bits per heavy atom. The van der Waals surface area contributed by atoms with Crippen LogP contribution in [0.15, 0.2) is 65.8 Å². The van der Waals surface area contributed by atoms with Gasteiger partial charge in [-0.15, -0.1) is 0 Å². The van der Waals surface area contributed by atoms with Gasteiger partial charge in [0.2, 0.25) is 0 Å². The van der Waals surface area contributed by atoms with Crippen LogP contribution in [0.3, 0.4) is 0 Å². The number of ketones is 1. The van der Waals surface area contributed by atoms with Crippen molar-refractivity contribution < 1.29 is 4.79 Å². The van der Waals surface area contributed by atoms with Crippen molar-refractivity contribution in [2.45, 2.75) is 19.8 Å². The number of benzene rings is 2. The molecule has 4 heteroatoms. The molecule has 2 heterocycles. The second kappa shape index (κ2) is 6.85. The maximum atomic E-state index is 12.5. The minimum absolute atomic E-state index is 0.172. The molecule has 3 aromatic rings. The van der Waals surface area contributed by atoms with Gasteiger partial charge in [-0.05, 0) is 65.6 Å². The van der Waals surface area contributed by atoms with E-state index >= 15 is 0 Å². The molecule has 0 saturated carbocycles. The lowest BCUT2D eigenvalue weighted by Gasteiger charge is -2.07. The number of pyridine rings is 1. The number of nitrogens with zero attached hydrogens (tertiary/aromatic N) is 2. The Labute approximate surface area is 157 Å². The van der Waals surface area contributed by atoms with Crippen molar-refractivity contribution in [3.05, 3.63) is 82.6 Å². The summed E-state index contributed by atoms with van der Waals surface area (Å²) in [6.07, 6.45) is 2.50.